The second-order valence-corrected chi connectivity index (χ2v) is 4.33. The van der Waals surface area contributed by atoms with Crippen molar-refractivity contribution < 1.29 is 0 Å². The van der Waals surface area contributed by atoms with Crippen molar-refractivity contribution >= 4 is 11.6 Å². The Morgan fingerprint density at radius 1 is 0.944 bits per heavy atom. The molecule has 0 radical (unpaired) electrons. The Bertz CT molecular complexity index is 548. The monoisotopic (exact) mass is 237 g/mol. The topological polar surface area (TPSA) is 41.6 Å². The van der Waals surface area contributed by atoms with Crippen LogP contribution in [0.1, 0.15) is 11.6 Å². The number of rotatable bonds is 2. The van der Waals surface area contributed by atoms with Gasteiger partial charge in [-0.25, -0.2) is 0 Å². The van der Waals surface area contributed by atoms with Gasteiger partial charge in [-0.3, -0.25) is 4.99 Å². The number of nitrogens with two attached hydrogens (primary N) is 1. The molecule has 0 saturated heterocycles. The quantitative estimate of drug-likeness (QED) is 0.872. The maximum absolute atomic E-state index is 6.01. The Hall–Kier alpha value is -2.29. The zero-order chi connectivity index (χ0) is 12.4. The van der Waals surface area contributed by atoms with Crippen LogP contribution in [0.3, 0.4) is 0 Å². The molecule has 0 saturated carbocycles. The fourth-order valence-electron chi connectivity index (χ4n) is 2.33. The van der Waals surface area contributed by atoms with Crippen LogP contribution in [0.4, 0.5) is 5.69 Å². The standard InChI is InChI=1S/C15H15N3/c16-15-17-11-14(12-7-3-1-4-8-12)18(15)13-9-5-2-6-10-13/h1-10,14H,11H2,(H2,16,17)/t14-/m0/s1. The lowest BCUT2D eigenvalue weighted by molar-refractivity contribution is 0.769. The smallest absolute Gasteiger partial charge is 0.196 e. The molecule has 2 aromatic rings. The van der Waals surface area contributed by atoms with E-state index >= 15 is 0 Å². The number of hydrogen-bond acceptors (Lipinski definition) is 3. The van der Waals surface area contributed by atoms with Crippen LogP contribution in [0.25, 0.3) is 0 Å². The predicted molar refractivity (Wildman–Crippen MR) is 74.6 cm³/mol. The molecule has 1 aliphatic heterocycles. The van der Waals surface area contributed by atoms with E-state index in [1.54, 1.807) is 0 Å². The van der Waals surface area contributed by atoms with E-state index in [0.717, 1.165) is 5.69 Å². The number of guanidine groups is 1. The van der Waals surface area contributed by atoms with Crippen molar-refractivity contribution in [2.45, 2.75) is 6.04 Å². The third-order valence-electron chi connectivity index (χ3n) is 3.20. The fraction of sp³-hybridized carbons (Fsp3) is 0.133. The molecular formula is C15H15N3. The normalized spacial score (nSPS) is 18.8. The minimum atomic E-state index is 0.202. The first-order valence-electron chi connectivity index (χ1n) is 6.05. The van der Waals surface area contributed by atoms with Gasteiger partial charge < -0.3 is 10.6 Å². The zero-order valence-electron chi connectivity index (χ0n) is 10.0. The molecule has 2 N–H and O–H groups in total. The van der Waals surface area contributed by atoms with Gasteiger partial charge in [-0.15, -0.1) is 0 Å². The van der Waals surface area contributed by atoms with Gasteiger partial charge in [0.25, 0.3) is 0 Å². The lowest BCUT2D eigenvalue weighted by Crippen LogP contribution is -2.36. The molecule has 2 aromatic carbocycles. The highest BCUT2D eigenvalue weighted by atomic mass is 15.3. The highest BCUT2D eigenvalue weighted by Crippen LogP contribution is 2.30. The van der Waals surface area contributed by atoms with Crippen LogP contribution in [0.2, 0.25) is 0 Å². The van der Waals surface area contributed by atoms with Gasteiger partial charge in [0.15, 0.2) is 5.96 Å². The number of nitrogens with zero attached hydrogens (tertiary/aromatic N) is 2. The average Bonchev–Trinajstić information content (AvgIpc) is 2.83. The number of aliphatic imine (C=N–C) groups is 1. The first-order valence-corrected chi connectivity index (χ1v) is 6.05. The lowest BCUT2D eigenvalue weighted by atomic mass is 10.1. The van der Waals surface area contributed by atoms with Crippen molar-refractivity contribution in [3.63, 3.8) is 0 Å². The van der Waals surface area contributed by atoms with E-state index in [4.69, 9.17) is 5.73 Å². The Kier molecular flexibility index (Phi) is 2.73. The lowest BCUT2D eigenvalue weighted by Gasteiger charge is -2.26. The highest BCUT2D eigenvalue weighted by Gasteiger charge is 2.28. The summed E-state index contributed by atoms with van der Waals surface area (Å²) in [6.45, 7) is 0.713. The molecule has 0 unspecified atom stereocenters. The van der Waals surface area contributed by atoms with E-state index in [9.17, 15) is 0 Å². The molecule has 1 heterocycles. The van der Waals surface area contributed by atoms with Gasteiger partial charge in [-0.2, -0.15) is 0 Å². The summed E-state index contributed by atoms with van der Waals surface area (Å²) in [6, 6.07) is 20.7. The Morgan fingerprint density at radius 3 is 2.22 bits per heavy atom. The fourth-order valence-corrected chi connectivity index (χ4v) is 2.33. The summed E-state index contributed by atoms with van der Waals surface area (Å²) in [5.74, 6) is 0.593. The average molecular weight is 237 g/mol. The van der Waals surface area contributed by atoms with Gasteiger partial charge in [0.2, 0.25) is 0 Å². The highest BCUT2D eigenvalue weighted by molar-refractivity contribution is 5.97. The molecule has 1 atom stereocenters. The summed E-state index contributed by atoms with van der Waals surface area (Å²) in [6.07, 6.45) is 0. The van der Waals surface area contributed by atoms with Crippen molar-refractivity contribution in [1.82, 2.24) is 0 Å². The predicted octanol–water partition coefficient (Wildman–Crippen LogP) is 2.56. The number of anilines is 1. The van der Waals surface area contributed by atoms with Crippen LogP contribution in [0.15, 0.2) is 65.7 Å². The van der Waals surface area contributed by atoms with Crippen LogP contribution < -0.4 is 10.6 Å². The zero-order valence-corrected chi connectivity index (χ0v) is 10.0. The summed E-state index contributed by atoms with van der Waals surface area (Å²) < 4.78 is 0. The van der Waals surface area contributed by atoms with Gasteiger partial charge in [-0.05, 0) is 17.7 Å². The van der Waals surface area contributed by atoms with E-state index in [-0.39, 0.29) is 6.04 Å². The van der Waals surface area contributed by atoms with Gasteiger partial charge in [-0.1, -0.05) is 48.5 Å². The molecule has 0 bridgehead atoms. The molecule has 0 fully saturated rings. The van der Waals surface area contributed by atoms with Crippen molar-refractivity contribution in [2.24, 2.45) is 10.7 Å². The minimum Gasteiger partial charge on any atom is -0.369 e. The number of hydrogen-bond donors (Lipinski definition) is 1. The second kappa shape index (κ2) is 4.53. The van der Waals surface area contributed by atoms with E-state index in [1.165, 1.54) is 5.56 Å². The Morgan fingerprint density at radius 2 is 1.56 bits per heavy atom. The number of benzene rings is 2. The van der Waals surface area contributed by atoms with E-state index in [2.05, 4.69) is 34.2 Å². The molecule has 18 heavy (non-hydrogen) atoms. The summed E-state index contributed by atoms with van der Waals surface area (Å²) in [7, 11) is 0. The largest absolute Gasteiger partial charge is 0.369 e. The summed E-state index contributed by atoms with van der Waals surface area (Å²) in [4.78, 5) is 6.46. The molecule has 3 nitrogen and oxygen atoms in total. The van der Waals surface area contributed by atoms with Gasteiger partial charge in [0, 0.05) is 5.69 Å². The Labute approximate surface area is 107 Å². The van der Waals surface area contributed by atoms with E-state index in [1.807, 2.05) is 36.4 Å². The van der Waals surface area contributed by atoms with Gasteiger partial charge >= 0.3 is 0 Å². The maximum atomic E-state index is 6.01. The minimum absolute atomic E-state index is 0.202. The molecular weight excluding hydrogens is 222 g/mol. The SMILES string of the molecule is NC1=NC[C@@H](c2ccccc2)N1c1ccccc1. The van der Waals surface area contributed by atoms with Gasteiger partial charge in [0.1, 0.15) is 0 Å². The van der Waals surface area contributed by atoms with E-state index < -0.39 is 0 Å². The van der Waals surface area contributed by atoms with Crippen LogP contribution in [0.5, 0.6) is 0 Å². The van der Waals surface area contributed by atoms with Crippen molar-refractivity contribution in [1.29, 1.82) is 0 Å². The molecule has 1 aliphatic rings. The Balaban J connectivity index is 1.98. The van der Waals surface area contributed by atoms with E-state index in [0.29, 0.717) is 12.5 Å². The van der Waals surface area contributed by atoms with Crippen molar-refractivity contribution in [2.75, 3.05) is 11.4 Å². The van der Waals surface area contributed by atoms with Crippen LogP contribution in [-0.4, -0.2) is 12.5 Å². The molecule has 3 heteroatoms. The molecule has 90 valence electrons. The molecule has 3 rings (SSSR count). The second-order valence-electron chi connectivity index (χ2n) is 4.33. The van der Waals surface area contributed by atoms with Crippen molar-refractivity contribution in [3.05, 3.63) is 66.2 Å². The summed E-state index contributed by atoms with van der Waals surface area (Å²) in [5.41, 5.74) is 8.34. The summed E-state index contributed by atoms with van der Waals surface area (Å²) >= 11 is 0. The maximum Gasteiger partial charge on any atom is 0.196 e. The molecule has 0 amide bonds. The first-order chi connectivity index (χ1) is 8.86. The third-order valence-corrected chi connectivity index (χ3v) is 3.20. The van der Waals surface area contributed by atoms with Crippen LogP contribution in [0, 0.1) is 0 Å². The van der Waals surface area contributed by atoms with Gasteiger partial charge in [0.05, 0.1) is 12.6 Å². The first kappa shape index (κ1) is 10.8. The van der Waals surface area contributed by atoms with Crippen LogP contribution >= 0.6 is 0 Å². The summed E-state index contributed by atoms with van der Waals surface area (Å²) in [5, 5.41) is 0. The molecule has 0 spiro atoms. The molecule has 0 aromatic heterocycles. The number of para-hydroxylation sites is 1. The molecule has 0 aliphatic carbocycles. The third kappa shape index (κ3) is 1.84. The van der Waals surface area contributed by atoms with Crippen molar-refractivity contribution in [3.8, 4) is 0 Å². The van der Waals surface area contributed by atoms with Crippen LogP contribution in [-0.2, 0) is 0 Å².